The number of benzene rings is 1. The molecule has 8 heteroatoms. The van der Waals surface area contributed by atoms with Crippen LogP contribution in [0.5, 0.6) is 11.5 Å². The first-order valence-electron chi connectivity index (χ1n) is 6.62. The summed E-state index contributed by atoms with van der Waals surface area (Å²) in [5, 5.41) is 20.3. The Hall–Kier alpha value is -2.51. The highest BCUT2D eigenvalue weighted by molar-refractivity contribution is 5.75. The lowest BCUT2D eigenvalue weighted by atomic mass is 10.1. The Labute approximate surface area is 120 Å². The largest absolute Gasteiger partial charge is 0.486 e. The van der Waals surface area contributed by atoms with E-state index in [-0.39, 0.29) is 12.2 Å². The van der Waals surface area contributed by atoms with Crippen LogP contribution in [0.4, 0.5) is 11.4 Å². The Kier molecular flexibility index (Phi) is 3.28. The van der Waals surface area contributed by atoms with Gasteiger partial charge in [-0.3, -0.25) is 14.9 Å². The first-order valence-corrected chi connectivity index (χ1v) is 6.62. The monoisotopic (exact) mass is 294 g/mol. The number of aliphatic carboxylic acids is 1. The first-order chi connectivity index (χ1) is 10.1. The number of hydrogen-bond acceptors (Lipinski definition) is 6. The van der Waals surface area contributed by atoms with Crippen molar-refractivity contribution < 1.29 is 24.3 Å². The molecule has 21 heavy (non-hydrogen) atoms. The second-order valence-corrected chi connectivity index (χ2v) is 5.01. The number of carbonyl (C=O) groups is 1. The van der Waals surface area contributed by atoms with Crippen molar-refractivity contribution in [1.82, 2.24) is 0 Å². The number of anilines is 1. The Bertz CT molecular complexity index is 603. The molecule has 0 amide bonds. The molecule has 0 spiro atoms. The molecule has 1 aromatic rings. The number of hydrogen-bond donors (Lipinski definition) is 1. The van der Waals surface area contributed by atoms with Crippen LogP contribution in [0.3, 0.4) is 0 Å². The number of nitro groups is 1. The summed E-state index contributed by atoms with van der Waals surface area (Å²) in [5.74, 6) is -0.568. The zero-order valence-corrected chi connectivity index (χ0v) is 11.2. The summed E-state index contributed by atoms with van der Waals surface area (Å²) in [4.78, 5) is 23.5. The minimum atomic E-state index is -0.877. The standard InChI is InChI=1S/C13H14N2O6/c16-13(17)8-1-2-14(7-8)9-5-11-12(21-4-3-20-11)6-10(9)15(18)19/h5-6,8H,1-4,7H2,(H,16,17). The molecule has 2 heterocycles. The SMILES string of the molecule is O=C(O)C1CCN(c2cc3c(cc2[N+](=O)[O-])OCCO3)C1. The zero-order chi connectivity index (χ0) is 15.0. The highest BCUT2D eigenvalue weighted by Gasteiger charge is 2.33. The first kappa shape index (κ1) is 13.5. The molecule has 1 unspecified atom stereocenters. The molecule has 2 aliphatic rings. The predicted octanol–water partition coefficient (Wildman–Crippen LogP) is 1.28. The summed E-state index contributed by atoms with van der Waals surface area (Å²) in [5.41, 5.74) is 0.290. The van der Waals surface area contributed by atoms with E-state index in [0.29, 0.717) is 43.4 Å². The summed E-state index contributed by atoms with van der Waals surface area (Å²) in [6, 6.07) is 2.91. The van der Waals surface area contributed by atoms with Gasteiger partial charge in [0.1, 0.15) is 18.9 Å². The molecule has 0 radical (unpaired) electrons. The van der Waals surface area contributed by atoms with Crippen LogP contribution in [0, 0.1) is 16.0 Å². The van der Waals surface area contributed by atoms with Gasteiger partial charge < -0.3 is 19.5 Å². The molecule has 0 aromatic heterocycles. The molecule has 3 rings (SSSR count). The van der Waals surface area contributed by atoms with Crippen LogP contribution in [-0.4, -0.2) is 42.3 Å². The lowest BCUT2D eigenvalue weighted by molar-refractivity contribution is -0.384. The summed E-state index contributed by atoms with van der Waals surface area (Å²) in [6.07, 6.45) is 0.473. The van der Waals surface area contributed by atoms with Crippen molar-refractivity contribution in [3.8, 4) is 11.5 Å². The third-order valence-corrected chi connectivity index (χ3v) is 3.71. The third kappa shape index (κ3) is 2.44. The van der Waals surface area contributed by atoms with Gasteiger partial charge in [0.05, 0.1) is 16.9 Å². The fourth-order valence-electron chi connectivity index (χ4n) is 2.65. The summed E-state index contributed by atoms with van der Waals surface area (Å²) < 4.78 is 10.8. The van der Waals surface area contributed by atoms with Gasteiger partial charge in [-0.25, -0.2) is 0 Å². The van der Waals surface area contributed by atoms with Gasteiger partial charge in [-0.1, -0.05) is 0 Å². The van der Waals surface area contributed by atoms with Crippen LogP contribution in [0.2, 0.25) is 0 Å². The van der Waals surface area contributed by atoms with E-state index in [0.717, 1.165) is 0 Å². The second-order valence-electron chi connectivity index (χ2n) is 5.01. The minimum Gasteiger partial charge on any atom is -0.486 e. The number of rotatable bonds is 3. The molecule has 2 aliphatic heterocycles. The van der Waals surface area contributed by atoms with Crippen molar-refractivity contribution in [2.45, 2.75) is 6.42 Å². The van der Waals surface area contributed by atoms with Gasteiger partial charge >= 0.3 is 5.97 Å². The van der Waals surface area contributed by atoms with Crippen LogP contribution >= 0.6 is 0 Å². The summed E-state index contributed by atoms with van der Waals surface area (Å²) in [6.45, 7) is 1.48. The van der Waals surface area contributed by atoms with E-state index < -0.39 is 16.8 Å². The van der Waals surface area contributed by atoms with Crippen LogP contribution in [-0.2, 0) is 4.79 Å². The predicted molar refractivity (Wildman–Crippen MR) is 72.0 cm³/mol. The summed E-state index contributed by atoms with van der Waals surface area (Å²) >= 11 is 0. The maximum atomic E-state index is 11.2. The van der Waals surface area contributed by atoms with E-state index in [1.54, 1.807) is 11.0 Å². The highest BCUT2D eigenvalue weighted by Crippen LogP contribution is 2.42. The number of fused-ring (bicyclic) bond motifs is 1. The van der Waals surface area contributed by atoms with Gasteiger partial charge in [0.25, 0.3) is 5.69 Å². The maximum absolute atomic E-state index is 11.2. The van der Waals surface area contributed by atoms with Gasteiger partial charge in [0, 0.05) is 19.2 Å². The van der Waals surface area contributed by atoms with E-state index in [1.807, 2.05) is 0 Å². The summed E-state index contributed by atoms with van der Waals surface area (Å²) in [7, 11) is 0. The van der Waals surface area contributed by atoms with Crippen molar-refractivity contribution >= 4 is 17.3 Å². The van der Waals surface area contributed by atoms with E-state index in [9.17, 15) is 14.9 Å². The number of carboxylic acids is 1. The average molecular weight is 294 g/mol. The second kappa shape index (κ2) is 5.12. The van der Waals surface area contributed by atoms with Crippen molar-refractivity contribution in [3.05, 3.63) is 22.2 Å². The van der Waals surface area contributed by atoms with E-state index in [4.69, 9.17) is 14.6 Å². The Balaban J connectivity index is 1.97. The molecule has 8 nitrogen and oxygen atoms in total. The molecule has 0 saturated carbocycles. The van der Waals surface area contributed by atoms with Crippen molar-refractivity contribution in [2.24, 2.45) is 5.92 Å². The molecule has 0 aliphatic carbocycles. The van der Waals surface area contributed by atoms with Gasteiger partial charge in [0.15, 0.2) is 11.5 Å². The number of nitrogens with zero attached hydrogens (tertiary/aromatic N) is 2. The number of ether oxygens (including phenoxy) is 2. The van der Waals surface area contributed by atoms with Crippen LogP contribution in [0.1, 0.15) is 6.42 Å². The van der Waals surface area contributed by atoms with Gasteiger partial charge in [-0.2, -0.15) is 0 Å². The minimum absolute atomic E-state index is 0.0923. The van der Waals surface area contributed by atoms with Gasteiger partial charge in [-0.15, -0.1) is 0 Å². The lowest BCUT2D eigenvalue weighted by Gasteiger charge is -2.23. The highest BCUT2D eigenvalue weighted by atomic mass is 16.6. The van der Waals surface area contributed by atoms with Crippen molar-refractivity contribution in [1.29, 1.82) is 0 Å². The number of nitro benzene ring substituents is 1. The fourth-order valence-corrected chi connectivity index (χ4v) is 2.65. The maximum Gasteiger partial charge on any atom is 0.308 e. The smallest absolute Gasteiger partial charge is 0.308 e. The van der Waals surface area contributed by atoms with Crippen LogP contribution < -0.4 is 14.4 Å². The lowest BCUT2D eigenvalue weighted by Crippen LogP contribution is -2.24. The topological polar surface area (TPSA) is 102 Å². The average Bonchev–Trinajstić information content (AvgIpc) is 2.95. The molecule has 1 N–H and O–H groups in total. The Morgan fingerprint density at radius 2 is 2.00 bits per heavy atom. The van der Waals surface area contributed by atoms with Gasteiger partial charge in [0.2, 0.25) is 0 Å². The van der Waals surface area contributed by atoms with Crippen LogP contribution in [0.15, 0.2) is 12.1 Å². The quantitative estimate of drug-likeness (QED) is 0.661. The van der Waals surface area contributed by atoms with Crippen LogP contribution in [0.25, 0.3) is 0 Å². The Morgan fingerprint density at radius 1 is 1.33 bits per heavy atom. The van der Waals surface area contributed by atoms with Crippen molar-refractivity contribution in [3.63, 3.8) is 0 Å². The molecule has 112 valence electrons. The molecular weight excluding hydrogens is 280 g/mol. The van der Waals surface area contributed by atoms with E-state index in [2.05, 4.69) is 0 Å². The molecule has 1 saturated heterocycles. The van der Waals surface area contributed by atoms with E-state index >= 15 is 0 Å². The number of carboxylic acid groups (broad SMARTS) is 1. The normalized spacial score (nSPS) is 20.4. The van der Waals surface area contributed by atoms with Gasteiger partial charge in [-0.05, 0) is 6.42 Å². The zero-order valence-electron chi connectivity index (χ0n) is 11.2. The fraction of sp³-hybridized carbons (Fsp3) is 0.462. The van der Waals surface area contributed by atoms with E-state index in [1.165, 1.54) is 6.07 Å². The third-order valence-electron chi connectivity index (χ3n) is 3.71. The van der Waals surface area contributed by atoms with Crippen molar-refractivity contribution in [2.75, 3.05) is 31.2 Å². The Morgan fingerprint density at radius 3 is 2.57 bits per heavy atom. The molecule has 1 fully saturated rings. The molecule has 1 atom stereocenters. The molecular formula is C13H14N2O6. The molecule has 0 bridgehead atoms. The molecule has 1 aromatic carbocycles.